The van der Waals surface area contributed by atoms with Crippen molar-refractivity contribution in [1.29, 1.82) is 0 Å². The van der Waals surface area contributed by atoms with Gasteiger partial charge in [-0.1, -0.05) is 0 Å². The zero-order valence-corrected chi connectivity index (χ0v) is 12.3. The Labute approximate surface area is 120 Å². The number of hydrogen-bond donors (Lipinski definition) is 2. The van der Waals surface area contributed by atoms with Gasteiger partial charge in [0.1, 0.15) is 5.60 Å². The van der Waals surface area contributed by atoms with Crippen molar-refractivity contribution >= 4 is 17.5 Å². The highest BCUT2D eigenvalue weighted by atomic mass is 16.6. The number of alkyl carbamates (subject to hydrolysis) is 1. The third-order valence-corrected chi connectivity index (χ3v) is 3.15. The van der Waals surface area contributed by atoms with Crippen LogP contribution in [0.1, 0.15) is 20.8 Å². The number of hydrogen-bond acceptors (Lipinski definition) is 4. The van der Waals surface area contributed by atoms with E-state index in [0.29, 0.717) is 12.5 Å². The number of carbonyl (C=O) groups is 1. The van der Waals surface area contributed by atoms with E-state index in [1.54, 1.807) is 0 Å². The Kier molecular flexibility index (Phi) is 4.06. The number of benzene rings is 1. The molecule has 0 bridgehead atoms. The Hall–Kier alpha value is -1.91. The van der Waals surface area contributed by atoms with Gasteiger partial charge < -0.3 is 20.7 Å². The van der Waals surface area contributed by atoms with Gasteiger partial charge in [0.15, 0.2) is 0 Å². The summed E-state index contributed by atoms with van der Waals surface area (Å²) in [6.07, 6.45) is -0.344. The molecule has 5 heteroatoms. The predicted octanol–water partition coefficient (Wildman–Crippen LogP) is 2.23. The lowest BCUT2D eigenvalue weighted by atomic mass is 9.99. The van der Waals surface area contributed by atoms with E-state index in [1.807, 2.05) is 45.0 Å². The van der Waals surface area contributed by atoms with E-state index in [1.165, 1.54) is 5.69 Å². The molecule has 20 heavy (non-hydrogen) atoms. The lowest BCUT2D eigenvalue weighted by Crippen LogP contribution is -2.51. The molecule has 0 saturated carbocycles. The summed E-state index contributed by atoms with van der Waals surface area (Å²) in [7, 11) is 0. The summed E-state index contributed by atoms with van der Waals surface area (Å²) in [5.74, 6) is 0.472. The number of nitrogen functional groups attached to an aromatic ring is 1. The number of nitrogens with two attached hydrogens (primary N) is 1. The van der Waals surface area contributed by atoms with Gasteiger partial charge in [-0.3, -0.25) is 0 Å². The molecule has 0 unspecified atom stereocenters. The molecule has 1 aliphatic rings. The molecule has 3 N–H and O–H groups in total. The highest BCUT2D eigenvalue weighted by molar-refractivity contribution is 5.67. The van der Waals surface area contributed by atoms with Gasteiger partial charge in [-0.25, -0.2) is 4.79 Å². The number of anilines is 2. The molecule has 1 aliphatic heterocycles. The molecular weight excluding hydrogens is 254 g/mol. The minimum atomic E-state index is -0.445. The minimum absolute atomic E-state index is 0.344. The molecule has 1 amide bonds. The Morgan fingerprint density at radius 1 is 1.35 bits per heavy atom. The summed E-state index contributed by atoms with van der Waals surface area (Å²) in [5.41, 5.74) is 7.17. The van der Waals surface area contributed by atoms with Crippen LogP contribution in [-0.2, 0) is 4.74 Å². The van der Waals surface area contributed by atoms with E-state index in [4.69, 9.17) is 10.5 Å². The predicted molar refractivity (Wildman–Crippen MR) is 80.8 cm³/mol. The van der Waals surface area contributed by atoms with Gasteiger partial charge in [-0.2, -0.15) is 0 Å². The summed E-state index contributed by atoms with van der Waals surface area (Å²) >= 11 is 0. The number of nitrogens with one attached hydrogen (secondary N) is 1. The first-order valence-corrected chi connectivity index (χ1v) is 6.91. The maximum atomic E-state index is 11.5. The van der Waals surface area contributed by atoms with Crippen LogP contribution in [0.25, 0.3) is 0 Å². The van der Waals surface area contributed by atoms with Gasteiger partial charge >= 0.3 is 6.09 Å². The molecule has 2 rings (SSSR count). The minimum Gasteiger partial charge on any atom is -0.444 e. The molecule has 0 aliphatic carbocycles. The Balaban J connectivity index is 1.69. The molecule has 5 nitrogen and oxygen atoms in total. The molecule has 0 atom stereocenters. The maximum absolute atomic E-state index is 11.5. The van der Waals surface area contributed by atoms with Crippen LogP contribution in [0.3, 0.4) is 0 Å². The standard InChI is InChI=1S/C15H23N3O2/c1-15(2,3)20-14(19)17-8-11-9-18(10-11)13-6-4-12(16)5-7-13/h4-7,11H,8-10,16H2,1-3H3,(H,17,19). The van der Waals surface area contributed by atoms with Crippen molar-refractivity contribution in [3.05, 3.63) is 24.3 Å². The maximum Gasteiger partial charge on any atom is 0.407 e. The van der Waals surface area contributed by atoms with Crippen molar-refractivity contribution < 1.29 is 9.53 Å². The smallest absolute Gasteiger partial charge is 0.407 e. The fourth-order valence-electron chi connectivity index (χ4n) is 2.14. The molecule has 1 fully saturated rings. The van der Waals surface area contributed by atoms with Crippen molar-refractivity contribution in [1.82, 2.24) is 5.32 Å². The lowest BCUT2D eigenvalue weighted by molar-refractivity contribution is 0.0516. The van der Waals surface area contributed by atoms with E-state index in [-0.39, 0.29) is 6.09 Å². The number of amides is 1. The lowest BCUT2D eigenvalue weighted by Gasteiger charge is -2.41. The number of carbonyl (C=O) groups excluding carboxylic acids is 1. The zero-order chi connectivity index (χ0) is 14.8. The van der Waals surface area contributed by atoms with Crippen molar-refractivity contribution in [2.75, 3.05) is 30.3 Å². The van der Waals surface area contributed by atoms with Gasteiger partial charge in [0, 0.05) is 36.9 Å². The van der Waals surface area contributed by atoms with E-state index >= 15 is 0 Å². The molecule has 110 valence electrons. The van der Waals surface area contributed by atoms with Crippen LogP contribution in [0.4, 0.5) is 16.2 Å². The first kappa shape index (κ1) is 14.5. The van der Waals surface area contributed by atoms with Crippen molar-refractivity contribution in [3.8, 4) is 0 Å². The van der Waals surface area contributed by atoms with Crippen LogP contribution in [-0.4, -0.2) is 31.3 Å². The number of rotatable bonds is 3. The first-order chi connectivity index (χ1) is 9.33. The van der Waals surface area contributed by atoms with E-state index in [9.17, 15) is 4.79 Å². The van der Waals surface area contributed by atoms with Crippen LogP contribution < -0.4 is 16.0 Å². The third kappa shape index (κ3) is 4.05. The second-order valence-corrected chi connectivity index (χ2v) is 6.25. The van der Waals surface area contributed by atoms with Gasteiger partial charge in [-0.15, -0.1) is 0 Å². The van der Waals surface area contributed by atoms with E-state index in [2.05, 4.69) is 10.2 Å². The van der Waals surface area contributed by atoms with Gasteiger partial charge in [-0.05, 0) is 45.0 Å². The monoisotopic (exact) mass is 277 g/mol. The summed E-state index contributed by atoms with van der Waals surface area (Å²) < 4.78 is 5.20. The van der Waals surface area contributed by atoms with Gasteiger partial charge in [0.2, 0.25) is 0 Å². The van der Waals surface area contributed by atoms with Crippen LogP contribution in [0.15, 0.2) is 24.3 Å². The van der Waals surface area contributed by atoms with Gasteiger partial charge in [0.05, 0.1) is 0 Å². The average Bonchev–Trinajstić information content (AvgIpc) is 2.27. The number of nitrogens with zero attached hydrogens (tertiary/aromatic N) is 1. The molecule has 0 aromatic heterocycles. The van der Waals surface area contributed by atoms with E-state index in [0.717, 1.165) is 18.8 Å². The van der Waals surface area contributed by atoms with Crippen LogP contribution in [0, 0.1) is 5.92 Å². The van der Waals surface area contributed by atoms with Gasteiger partial charge in [0.25, 0.3) is 0 Å². The fraction of sp³-hybridized carbons (Fsp3) is 0.533. The molecule has 1 aromatic carbocycles. The summed E-state index contributed by atoms with van der Waals surface area (Å²) in [5, 5.41) is 2.81. The average molecular weight is 277 g/mol. The molecule has 1 saturated heterocycles. The second-order valence-electron chi connectivity index (χ2n) is 6.25. The normalized spacial score (nSPS) is 15.7. The summed E-state index contributed by atoms with van der Waals surface area (Å²) in [6.45, 7) is 8.12. The summed E-state index contributed by atoms with van der Waals surface area (Å²) in [4.78, 5) is 13.8. The molecule has 0 radical (unpaired) electrons. The first-order valence-electron chi connectivity index (χ1n) is 6.91. The summed E-state index contributed by atoms with van der Waals surface area (Å²) in [6, 6.07) is 7.85. The Bertz CT molecular complexity index is 459. The Morgan fingerprint density at radius 2 is 1.95 bits per heavy atom. The third-order valence-electron chi connectivity index (χ3n) is 3.15. The molecular formula is C15H23N3O2. The number of ether oxygens (including phenoxy) is 1. The van der Waals surface area contributed by atoms with Crippen LogP contribution in [0.5, 0.6) is 0 Å². The van der Waals surface area contributed by atoms with Crippen LogP contribution >= 0.6 is 0 Å². The highest BCUT2D eigenvalue weighted by Gasteiger charge is 2.27. The Morgan fingerprint density at radius 3 is 2.50 bits per heavy atom. The van der Waals surface area contributed by atoms with Crippen molar-refractivity contribution in [2.24, 2.45) is 5.92 Å². The SMILES string of the molecule is CC(C)(C)OC(=O)NCC1CN(c2ccc(N)cc2)C1. The topological polar surface area (TPSA) is 67.6 Å². The fourth-order valence-corrected chi connectivity index (χ4v) is 2.14. The molecule has 1 heterocycles. The van der Waals surface area contributed by atoms with Crippen molar-refractivity contribution in [2.45, 2.75) is 26.4 Å². The largest absolute Gasteiger partial charge is 0.444 e. The molecule has 0 spiro atoms. The quantitative estimate of drug-likeness (QED) is 0.831. The molecule has 1 aromatic rings. The van der Waals surface area contributed by atoms with Crippen molar-refractivity contribution in [3.63, 3.8) is 0 Å². The van der Waals surface area contributed by atoms with Crippen LogP contribution in [0.2, 0.25) is 0 Å². The zero-order valence-electron chi connectivity index (χ0n) is 12.3. The highest BCUT2D eigenvalue weighted by Crippen LogP contribution is 2.24. The second kappa shape index (κ2) is 5.61. The van der Waals surface area contributed by atoms with E-state index < -0.39 is 5.60 Å².